The van der Waals surface area contributed by atoms with Gasteiger partial charge in [0.15, 0.2) is 5.67 Å². The first-order valence-corrected chi connectivity index (χ1v) is 5.58. The maximum atomic E-state index is 14.5. The summed E-state index contributed by atoms with van der Waals surface area (Å²) in [5.74, 6) is 0. The molecule has 0 saturated carbocycles. The average molecular weight is 289 g/mol. The summed E-state index contributed by atoms with van der Waals surface area (Å²) >= 11 is 3.22. The number of hydrogen-bond donors (Lipinski definition) is 1. The SMILES string of the molecule is O=C(O)N1CCC(F)(c2cncc(Br)c2)C1. The van der Waals surface area contributed by atoms with E-state index in [-0.39, 0.29) is 19.5 Å². The van der Waals surface area contributed by atoms with Gasteiger partial charge in [-0.15, -0.1) is 0 Å². The van der Waals surface area contributed by atoms with Gasteiger partial charge in [0.1, 0.15) is 0 Å². The van der Waals surface area contributed by atoms with Crippen molar-refractivity contribution in [2.75, 3.05) is 13.1 Å². The molecule has 0 bridgehead atoms. The molecule has 1 fully saturated rings. The summed E-state index contributed by atoms with van der Waals surface area (Å²) in [6.45, 7) is 0.0960. The van der Waals surface area contributed by atoms with Gasteiger partial charge in [-0.2, -0.15) is 0 Å². The van der Waals surface area contributed by atoms with Crippen molar-refractivity contribution in [1.29, 1.82) is 0 Å². The molecule has 2 rings (SSSR count). The van der Waals surface area contributed by atoms with Crippen molar-refractivity contribution in [3.8, 4) is 0 Å². The lowest BCUT2D eigenvalue weighted by molar-refractivity contribution is 0.134. The summed E-state index contributed by atoms with van der Waals surface area (Å²) in [4.78, 5) is 15.7. The van der Waals surface area contributed by atoms with Gasteiger partial charge in [0, 0.05) is 35.4 Å². The summed E-state index contributed by atoms with van der Waals surface area (Å²) in [5, 5.41) is 8.78. The van der Waals surface area contributed by atoms with Gasteiger partial charge < -0.3 is 10.0 Å². The molecule has 16 heavy (non-hydrogen) atoms. The van der Waals surface area contributed by atoms with Crippen LogP contribution in [-0.2, 0) is 5.67 Å². The number of carboxylic acid groups (broad SMARTS) is 1. The van der Waals surface area contributed by atoms with E-state index in [4.69, 9.17) is 5.11 Å². The van der Waals surface area contributed by atoms with E-state index in [2.05, 4.69) is 20.9 Å². The fourth-order valence-electron chi connectivity index (χ4n) is 1.83. The average Bonchev–Trinajstić information content (AvgIpc) is 2.63. The molecule has 6 heteroatoms. The van der Waals surface area contributed by atoms with E-state index in [1.54, 1.807) is 12.3 Å². The largest absolute Gasteiger partial charge is 0.465 e. The van der Waals surface area contributed by atoms with Gasteiger partial charge in [-0.05, 0) is 22.0 Å². The number of amides is 1. The van der Waals surface area contributed by atoms with Gasteiger partial charge in [0.2, 0.25) is 0 Å². The Bertz CT molecular complexity index is 429. The molecule has 1 aromatic rings. The minimum atomic E-state index is -1.62. The maximum absolute atomic E-state index is 14.5. The highest BCUT2D eigenvalue weighted by atomic mass is 79.9. The first-order valence-electron chi connectivity index (χ1n) is 4.79. The third-order valence-electron chi connectivity index (χ3n) is 2.71. The van der Waals surface area contributed by atoms with E-state index >= 15 is 0 Å². The van der Waals surface area contributed by atoms with E-state index in [1.165, 1.54) is 6.20 Å². The van der Waals surface area contributed by atoms with E-state index in [9.17, 15) is 9.18 Å². The van der Waals surface area contributed by atoms with Crippen LogP contribution in [0.2, 0.25) is 0 Å². The molecule has 1 aromatic heterocycles. The van der Waals surface area contributed by atoms with Gasteiger partial charge in [-0.3, -0.25) is 4.98 Å². The summed E-state index contributed by atoms with van der Waals surface area (Å²) in [5.41, 5.74) is -1.19. The number of nitrogens with zero attached hydrogens (tertiary/aromatic N) is 2. The van der Waals surface area contributed by atoms with Crippen molar-refractivity contribution in [2.45, 2.75) is 12.1 Å². The van der Waals surface area contributed by atoms with Crippen molar-refractivity contribution in [3.05, 3.63) is 28.5 Å². The Morgan fingerprint density at radius 2 is 2.38 bits per heavy atom. The monoisotopic (exact) mass is 288 g/mol. The Kier molecular flexibility index (Phi) is 2.84. The molecule has 4 nitrogen and oxygen atoms in total. The molecule has 1 unspecified atom stereocenters. The minimum absolute atomic E-state index is 0.125. The Morgan fingerprint density at radius 1 is 1.62 bits per heavy atom. The van der Waals surface area contributed by atoms with Crippen molar-refractivity contribution in [1.82, 2.24) is 9.88 Å². The lowest BCUT2D eigenvalue weighted by atomic mass is 9.97. The Labute approximate surface area is 100 Å². The number of pyridine rings is 1. The summed E-state index contributed by atoms with van der Waals surface area (Å²) in [7, 11) is 0. The van der Waals surface area contributed by atoms with Gasteiger partial charge >= 0.3 is 6.09 Å². The van der Waals surface area contributed by atoms with Crippen LogP contribution >= 0.6 is 15.9 Å². The zero-order valence-electron chi connectivity index (χ0n) is 8.36. The number of rotatable bonds is 1. The molecule has 1 aliphatic rings. The number of halogens is 2. The van der Waals surface area contributed by atoms with Crippen LogP contribution in [0.3, 0.4) is 0 Å². The molecule has 86 valence electrons. The van der Waals surface area contributed by atoms with Crippen LogP contribution in [0.15, 0.2) is 22.9 Å². The van der Waals surface area contributed by atoms with Gasteiger partial charge in [0.25, 0.3) is 0 Å². The quantitative estimate of drug-likeness (QED) is 0.863. The second kappa shape index (κ2) is 4.01. The third-order valence-corrected chi connectivity index (χ3v) is 3.15. The fourth-order valence-corrected chi connectivity index (χ4v) is 2.19. The van der Waals surface area contributed by atoms with Crippen molar-refractivity contribution < 1.29 is 14.3 Å². The molecule has 0 spiro atoms. The highest BCUT2D eigenvalue weighted by molar-refractivity contribution is 9.10. The van der Waals surface area contributed by atoms with Crippen LogP contribution in [0.25, 0.3) is 0 Å². The molecule has 1 aliphatic heterocycles. The first kappa shape index (κ1) is 11.3. The van der Waals surface area contributed by atoms with Crippen LogP contribution in [0.1, 0.15) is 12.0 Å². The zero-order valence-corrected chi connectivity index (χ0v) is 9.95. The van der Waals surface area contributed by atoms with Crippen molar-refractivity contribution in [3.63, 3.8) is 0 Å². The molecule has 1 atom stereocenters. The highest BCUT2D eigenvalue weighted by Gasteiger charge is 2.42. The number of aromatic nitrogens is 1. The Balaban J connectivity index is 2.24. The predicted octanol–water partition coefficient (Wildman–Crippen LogP) is 2.39. The lowest BCUT2D eigenvalue weighted by Crippen LogP contribution is -2.31. The van der Waals surface area contributed by atoms with Gasteiger partial charge in [-0.1, -0.05) is 0 Å². The first-order chi connectivity index (χ1) is 7.51. The van der Waals surface area contributed by atoms with E-state index < -0.39 is 11.8 Å². The Hall–Kier alpha value is -1.17. The molecular weight excluding hydrogens is 279 g/mol. The molecule has 1 saturated heterocycles. The Morgan fingerprint density at radius 3 is 2.94 bits per heavy atom. The molecule has 0 aliphatic carbocycles. The normalized spacial score (nSPS) is 24.8. The molecule has 1 N–H and O–H groups in total. The molecule has 2 heterocycles. The summed E-state index contributed by atoms with van der Waals surface area (Å²) in [6.07, 6.45) is 2.10. The zero-order chi connectivity index (χ0) is 11.8. The molecule has 0 aromatic carbocycles. The second-order valence-electron chi connectivity index (χ2n) is 3.81. The van der Waals surface area contributed by atoms with Crippen LogP contribution in [-0.4, -0.2) is 34.2 Å². The minimum Gasteiger partial charge on any atom is -0.465 e. The predicted molar refractivity (Wildman–Crippen MR) is 58.9 cm³/mol. The second-order valence-corrected chi connectivity index (χ2v) is 4.73. The lowest BCUT2D eigenvalue weighted by Gasteiger charge is -2.19. The smallest absolute Gasteiger partial charge is 0.407 e. The van der Waals surface area contributed by atoms with Crippen molar-refractivity contribution in [2.24, 2.45) is 0 Å². The van der Waals surface area contributed by atoms with Crippen LogP contribution < -0.4 is 0 Å². The fraction of sp³-hybridized carbons (Fsp3) is 0.400. The number of alkyl halides is 1. The van der Waals surface area contributed by atoms with E-state index in [1.807, 2.05) is 0 Å². The summed E-state index contributed by atoms with van der Waals surface area (Å²) in [6, 6.07) is 1.64. The highest BCUT2D eigenvalue weighted by Crippen LogP contribution is 2.36. The van der Waals surface area contributed by atoms with E-state index in [0.717, 1.165) is 4.90 Å². The third kappa shape index (κ3) is 2.02. The number of likely N-dealkylation sites (tertiary alicyclic amines) is 1. The van der Waals surface area contributed by atoms with E-state index in [0.29, 0.717) is 10.0 Å². The van der Waals surface area contributed by atoms with Crippen LogP contribution in [0, 0.1) is 0 Å². The van der Waals surface area contributed by atoms with Crippen LogP contribution in [0.5, 0.6) is 0 Å². The maximum Gasteiger partial charge on any atom is 0.407 e. The van der Waals surface area contributed by atoms with Crippen molar-refractivity contribution >= 4 is 22.0 Å². The molecular formula is C10H10BrFN2O2. The van der Waals surface area contributed by atoms with Gasteiger partial charge in [-0.25, -0.2) is 9.18 Å². The molecule has 1 amide bonds. The summed E-state index contributed by atoms with van der Waals surface area (Å²) < 4.78 is 15.2. The topological polar surface area (TPSA) is 53.4 Å². The number of hydrogen-bond acceptors (Lipinski definition) is 2. The van der Waals surface area contributed by atoms with Crippen LogP contribution in [0.4, 0.5) is 9.18 Å². The standard InChI is InChI=1S/C10H10BrFN2O2/c11-8-3-7(4-13-5-8)10(12)1-2-14(6-10)9(15)16/h3-5H,1-2,6H2,(H,15,16). The molecule has 0 radical (unpaired) electrons. The number of carbonyl (C=O) groups is 1. The van der Waals surface area contributed by atoms with Gasteiger partial charge in [0.05, 0.1) is 6.54 Å².